The maximum absolute atomic E-state index is 13.7. The predicted octanol–water partition coefficient (Wildman–Crippen LogP) is 4.05. The van der Waals surface area contributed by atoms with E-state index in [2.05, 4.69) is 36.9 Å². The quantitative estimate of drug-likeness (QED) is 0.419. The minimum absolute atomic E-state index is 0.163. The number of nitrogens with zero attached hydrogens (tertiary/aromatic N) is 2. The third-order valence-corrected chi connectivity index (χ3v) is 7.68. The van der Waals surface area contributed by atoms with Gasteiger partial charge < -0.3 is 14.2 Å². The Morgan fingerprint density at radius 2 is 1.94 bits per heavy atom. The summed E-state index contributed by atoms with van der Waals surface area (Å²) < 4.78 is 19.9. The van der Waals surface area contributed by atoms with Gasteiger partial charge in [-0.25, -0.2) is 9.79 Å². The van der Waals surface area contributed by atoms with Gasteiger partial charge in [-0.1, -0.05) is 55.3 Å². The van der Waals surface area contributed by atoms with Crippen LogP contribution in [0.4, 0.5) is 0 Å². The summed E-state index contributed by atoms with van der Waals surface area (Å²) in [6, 6.07) is 10.5. The standard InChI is InChI=1S/C24H18Br2N2O5S/c1-3-31-23(30)20-12(2)27-24-28(21(20)13-4-6-15(25)7-5-13)22(29)19(34-24)9-14-8-17-18(10-16(14)26)33-11-32-17/h4-10,21H,3,11H2,1-2H3/b19-9+. The van der Waals surface area contributed by atoms with Crippen LogP contribution in [0.2, 0.25) is 0 Å². The Morgan fingerprint density at radius 1 is 1.24 bits per heavy atom. The van der Waals surface area contributed by atoms with Crippen LogP contribution in [0.25, 0.3) is 6.08 Å². The Hall–Kier alpha value is -2.69. The lowest BCUT2D eigenvalue weighted by atomic mass is 9.96. The molecule has 0 saturated carbocycles. The number of halogens is 2. The zero-order chi connectivity index (χ0) is 24.0. The molecule has 2 aromatic carbocycles. The number of aromatic nitrogens is 1. The molecule has 10 heteroatoms. The largest absolute Gasteiger partial charge is 0.463 e. The molecule has 0 spiro atoms. The van der Waals surface area contributed by atoms with Crippen molar-refractivity contribution in [3.63, 3.8) is 0 Å². The number of benzene rings is 2. The fraction of sp³-hybridized carbons (Fsp3) is 0.208. The molecule has 174 valence electrons. The molecule has 5 rings (SSSR count). The van der Waals surface area contributed by atoms with Crippen molar-refractivity contribution in [3.8, 4) is 11.5 Å². The average Bonchev–Trinajstić information content (AvgIpc) is 3.37. The fourth-order valence-corrected chi connectivity index (χ4v) is 5.68. The average molecular weight is 606 g/mol. The molecule has 0 fully saturated rings. The number of thiazole rings is 1. The van der Waals surface area contributed by atoms with E-state index in [0.29, 0.717) is 32.1 Å². The first-order chi connectivity index (χ1) is 16.4. The van der Waals surface area contributed by atoms with Gasteiger partial charge in [0.2, 0.25) is 6.79 Å². The second kappa shape index (κ2) is 9.16. The van der Waals surface area contributed by atoms with Crippen LogP contribution in [0.1, 0.15) is 31.0 Å². The minimum atomic E-state index is -0.647. The highest BCUT2D eigenvalue weighted by Crippen LogP contribution is 2.37. The number of hydrogen-bond acceptors (Lipinski definition) is 7. The monoisotopic (exact) mass is 604 g/mol. The van der Waals surface area contributed by atoms with Gasteiger partial charge in [0.1, 0.15) is 0 Å². The molecule has 3 heterocycles. The van der Waals surface area contributed by atoms with Crippen LogP contribution >= 0.6 is 43.2 Å². The predicted molar refractivity (Wildman–Crippen MR) is 135 cm³/mol. The Labute approximate surface area is 215 Å². The molecule has 0 amide bonds. The van der Waals surface area contributed by atoms with Crippen molar-refractivity contribution in [2.75, 3.05) is 13.4 Å². The van der Waals surface area contributed by atoms with Crippen molar-refractivity contribution in [2.45, 2.75) is 19.9 Å². The van der Waals surface area contributed by atoms with Gasteiger partial charge in [0.05, 0.1) is 28.5 Å². The van der Waals surface area contributed by atoms with E-state index in [-0.39, 0.29) is 19.0 Å². The molecule has 1 unspecified atom stereocenters. The number of ether oxygens (including phenoxy) is 3. The van der Waals surface area contributed by atoms with Crippen LogP contribution in [0, 0.1) is 0 Å². The molecular weight excluding hydrogens is 588 g/mol. The molecule has 0 N–H and O–H groups in total. The molecule has 2 aliphatic heterocycles. The van der Waals surface area contributed by atoms with Gasteiger partial charge in [0, 0.05) is 8.95 Å². The van der Waals surface area contributed by atoms with Crippen molar-refractivity contribution in [1.29, 1.82) is 0 Å². The summed E-state index contributed by atoms with van der Waals surface area (Å²) >= 11 is 8.27. The van der Waals surface area contributed by atoms with Crippen LogP contribution < -0.4 is 24.4 Å². The van der Waals surface area contributed by atoms with Crippen LogP contribution in [0.5, 0.6) is 11.5 Å². The molecule has 1 atom stereocenters. The first kappa shape index (κ1) is 23.1. The Bertz CT molecular complexity index is 1520. The molecule has 0 aliphatic carbocycles. The lowest BCUT2D eigenvalue weighted by Crippen LogP contribution is -2.39. The topological polar surface area (TPSA) is 79.1 Å². The maximum atomic E-state index is 13.7. The molecule has 2 aliphatic rings. The normalized spacial score (nSPS) is 16.9. The molecule has 0 saturated heterocycles. The van der Waals surface area contributed by atoms with Crippen LogP contribution in [-0.4, -0.2) is 23.9 Å². The Morgan fingerprint density at radius 3 is 2.65 bits per heavy atom. The zero-order valence-corrected chi connectivity index (χ0v) is 22.1. The Balaban J connectivity index is 1.71. The van der Waals surface area contributed by atoms with Crippen molar-refractivity contribution >= 4 is 55.2 Å². The molecular formula is C24H18Br2N2O5S. The van der Waals surface area contributed by atoms with E-state index in [9.17, 15) is 9.59 Å². The number of carbonyl (C=O) groups is 1. The first-order valence-corrected chi connectivity index (χ1v) is 12.8. The third-order valence-electron chi connectivity index (χ3n) is 5.48. The summed E-state index contributed by atoms with van der Waals surface area (Å²) in [5.74, 6) is 0.787. The van der Waals surface area contributed by atoms with Gasteiger partial charge in [-0.2, -0.15) is 0 Å². The lowest BCUT2D eigenvalue weighted by Gasteiger charge is -2.24. The van der Waals surface area contributed by atoms with Gasteiger partial charge in [-0.3, -0.25) is 9.36 Å². The zero-order valence-electron chi connectivity index (χ0n) is 18.1. The molecule has 0 bridgehead atoms. The summed E-state index contributed by atoms with van der Waals surface area (Å²) in [6.07, 6.45) is 1.79. The number of hydrogen-bond donors (Lipinski definition) is 0. The molecule has 0 radical (unpaired) electrons. The highest BCUT2D eigenvalue weighted by atomic mass is 79.9. The molecule has 7 nitrogen and oxygen atoms in total. The Kier molecular flexibility index (Phi) is 6.22. The van der Waals surface area contributed by atoms with Crippen molar-refractivity contribution < 1.29 is 19.0 Å². The summed E-state index contributed by atoms with van der Waals surface area (Å²) in [7, 11) is 0. The summed E-state index contributed by atoms with van der Waals surface area (Å²) in [6.45, 7) is 3.91. The van der Waals surface area contributed by atoms with E-state index in [1.807, 2.05) is 36.4 Å². The van der Waals surface area contributed by atoms with Crippen molar-refractivity contribution in [1.82, 2.24) is 4.57 Å². The van der Waals surface area contributed by atoms with Gasteiger partial charge in [-0.05, 0) is 55.3 Å². The van der Waals surface area contributed by atoms with Crippen molar-refractivity contribution in [2.24, 2.45) is 4.99 Å². The van der Waals surface area contributed by atoms with Gasteiger partial charge in [0.15, 0.2) is 16.3 Å². The molecule has 3 aromatic rings. The van der Waals surface area contributed by atoms with E-state index in [1.54, 1.807) is 24.5 Å². The number of allylic oxidation sites excluding steroid dienone is 1. The minimum Gasteiger partial charge on any atom is -0.463 e. The van der Waals surface area contributed by atoms with Crippen molar-refractivity contribution in [3.05, 3.63) is 87.4 Å². The highest BCUT2D eigenvalue weighted by molar-refractivity contribution is 9.10. The van der Waals surface area contributed by atoms with Crippen LogP contribution in [0.15, 0.2) is 66.4 Å². The molecule has 34 heavy (non-hydrogen) atoms. The maximum Gasteiger partial charge on any atom is 0.338 e. The van der Waals surface area contributed by atoms with E-state index in [0.717, 1.165) is 20.1 Å². The van der Waals surface area contributed by atoms with Crippen LogP contribution in [0.3, 0.4) is 0 Å². The fourth-order valence-electron chi connectivity index (χ4n) is 3.94. The van der Waals surface area contributed by atoms with E-state index < -0.39 is 12.0 Å². The van der Waals surface area contributed by atoms with E-state index >= 15 is 0 Å². The number of esters is 1. The van der Waals surface area contributed by atoms with E-state index in [1.165, 1.54) is 11.3 Å². The van der Waals surface area contributed by atoms with Gasteiger partial charge >= 0.3 is 5.97 Å². The first-order valence-electron chi connectivity index (χ1n) is 10.4. The highest BCUT2D eigenvalue weighted by Gasteiger charge is 2.33. The van der Waals surface area contributed by atoms with Gasteiger partial charge in [0.25, 0.3) is 5.56 Å². The number of fused-ring (bicyclic) bond motifs is 2. The van der Waals surface area contributed by atoms with Crippen LogP contribution in [-0.2, 0) is 9.53 Å². The second-order valence-electron chi connectivity index (χ2n) is 7.58. The molecule has 1 aromatic heterocycles. The lowest BCUT2D eigenvalue weighted by molar-refractivity contribution is -0.139. The van der Waals surface area contributed by atoms with Gasteiger partial charge in [-0.15, -0.1) is 0 Å². The summed E-state index contributed by atoms with van der Waals surface area (Å²) in [5.41, 5.74) is 2.21. The summed E-state index contributed by atoms with van der Waals surface area (Å²) in [5, 5.41) is 0. The third kappa shape index (κ3) is 4.03. The SMILES string of the molecule is CCOC(=O)C1=C(C)N=c2s/c(=C/c3cc4c(cc3Br)OCO4)c(=O)n2C1c1ccc(Br)cc1. The number of carbonyl (C=O) groups excluding carboxylic acids is 1. The number of rotatable bonds is 4. The second-order valence-corrected chi connectivity index (χ2v) is 10.4. The van der Waals surface area contributed by atoms with E-state index in [4.69, 9.17) is 14.2 Å². The smallest absolute Gasteiger partial charge is 0.338 e. The summed E-state index contributed by atoms with van der Waals surface area (Å²) in [4.78, 5) is 31.7.